The number of aromatic hydroxyl groups is 2. The number of phenolic OH excluding ortho intramolecular Hbond substituents is 2. The highest BCUT2D eigenvalue weighted by Crippen LogP contribution is 2.35. The summed E-state index contributed by atoms with van der Waals surface area (Å²) in [5, 5.41) is 22.8. The molecule has 1 saturated heterocycles. The summed E-state index contributed by atoms with van der Waals surface area (Å²) in [6.45, 7) is 1.47. The van der Waals surface area contributed by atoms with Crippen LogP contribution in [0.2, 0.25) is 0 Å². The molecule has 0 bridgehead atoms. The van der Waals surface area contributed by atoms with Crippen LogP contribution < -0.4 is 11.1 Å². The number of benzene rings is 2. The van der Waals surface area contributed by atoms with Gasteiger partial charge in [-0.05, 0) is 41.8 Å². The predicted octanol–water partition coefficient (Wildman–Crippen LogP) is 1.08. The number of nitrogens with one attached hydrogen (secondary N) is 1. The van der Waals surface area contributed by atoms with Gasteiger partial charge in [-0.2, -0.15) is 4.31 Å². The molecule has 2 heterocycles. The van der Waals surface area contributed by atoms with Gasteiger partial charge in [0.1, 0.15) is 16.4 Å². The van der Waals surface area contributed by atoms with Crippen LogP contribution in [0.4, 0.5) is 5.69 Å². The molecule has 4 rings (SSSR count). The first kappa shape index (κ1) is 22.9. The van der Waals surface area contributed by atoms with E-state index >= 15 is 0 Å². The van der Waals surface area contributed by atoms with Crippen molar-refractivity contribution in [1.82, 2.24) is 9.21 Å². The maximum atomic E-state index is 13.0. The number of anilines is 1. The molecule has 10 nitrogen and oxygen atoms in total. The van der Waals surface area contributed by atoms with E-state index < -0.39 is 21.7 Å². The molecule has 0 aromatic heterocycles. The zero-order valence-corrected chi connectivity index (χ0v) is 18.7. The number of hydrogen-bond donors (Lipinski definition) is 4. The summed E-state index contributed by atoms with van der Waals surface area (Å²) in [6.07, 6.45) is 0.918. The van der Waals surface area contributed by atoms with Gasteiger partial charge in [-0.25, -0.2) is 8.42 Å². The number of phenols is 2. The number of primary amides is 1. The van der Waals surface area contributed by atoms with E-state index in [1.54, 1.807) is 4.90 Å². The Morgan fingerprint density at radius 2 is 1.82 bits per heavy atom. The number of likely N-dealkylation sites (tertiary alicyclic amines) is 1. The molecule has 2 amide bonds. The predicted molar refractivity (Wildman–Crippen MR) is 120 cm³/mol. The van der Waals surface area contributed by atoms with Crippen LogP contribution in [0.25, 0.3) is 0 Å². The molecule has 0 radical (unpaired) electrons. The van der Waals surface area contributed by atoms with E-state index in [1.807, 2.05) is 18.2 Å². The first-order valence-electron chi connectivity index (χ1n) is 10.6. The Kier molecular flexibility index (Phi) is 6.17. The van der Waals surface area contributed by atoms with E-state index in [4.69, 9.17) is 5.73 Å². The third-order valence-electron chi connectivity index (χ3n) is 5.96. The number of rotatable bonds is 7. The molecule has 176 valence electrons. The molecule has 2 aliphatic rings. The van der Waals surface area contributed by atoms with Crippen LogP contribution in [0.3, 0.4) is 0 Å². The molecule has 2 aromatic carbocycles. The first-order chi connectivity index (χ1) is 15.6. The van der Waals surface area contributed by atoms with E-state index in [0.717, 1.165) is 29.3 Å². The van der Waals surface area contributed by atoms with E-state index in [1.165, 1.54) is 16.4 Å². The summed E-state index contributed by atoms with van der Waals surface area (Å²) in [7, 11) is -3.94. The van der Waals surface area contributed by atoms with Gasteiger partial charge >= 0.3 is 0 Å². The van der Waals surface area contributed by atoms with Gasteiger partial charge in [0.15, 0.2) is 0 Å². The minimum absolute atomic E-state index is 0.0412. The Morgan fingerprint density at radius 3 is 2.55 bits per heavy atom. The van der Waals surface area contributed by atoms with Crippen molar-refractivity contribution in [3.63, 3.8) is 0 Å². The highest BCUT2D eigenvalue weighted by Gasteiger charge is 2.33. The molecule has 0 spiro atoms. The maximum absolute atomic E-state index is 13.0. The highest BCUT2D eigenvalue weighted by atomic mass is 32.2. The van der Waals surface area contributed by atoms with Gasteiger partial charge in [0.05, 0.1) is 0 Å². The van der Waals surface area contributed by atoms with Crippen LogP contribution in [-0.4, -0.2) is 58.8 Å². The first-order valence-corrected chi connectivity index (χ1v) is 12.0. The van der Waals surface area contributed by atoms with Crippen LogP contribution in [0, 0.1) is 0 Å². The molecule has 0 unspecified atom stereocenters. The van der Waals surface area contributed by atoms with Crippen molar-refractivity contribution in [2.75, 3.05) is 18.4 Å². The van der Waals surface area contributed by atoms with Gasteiger partial charge in [0.25, 0.3) is 0 Å². The molecule has 5 N–H and O–H groups in total. The zero-order chi connectivity index (χ0) is 23.8. The molecule has 0 aliphatic carbocycles. The zero-order valence-electron chi connectivity index (χ0n) is 17.9. The fourth-order valence-corrected chi connectivity index (χ4v) is 5.67. The third kappa shape index (κ3) is 4.88. The monoisotopic (exact) mass is 474 g/mol. The minimum Gasteiger partial charge on any atom is -0.508 e. The van der Waals surface area contributed by atoms with Crippen LogP contribution in [0.15, 0.2) is 41.3 Å². The van der Waals surface area contributed by atoms with Gasteiger partial charge in [-0.15, -0.1) is 0 Å². The summed E-state index contributed by atoms with van der Waals surface area (Å²) < 4.78 is 27.3. The average molecular weight is 475 g/mol. The summed E-state index contributed by atoms with van der Waals surface area (Å²) in [4.78, 5) is 24.5. The van der Waals surface area contributed by atoms with Crippen molar-refractivity contribution in [1.29, 1.82) is 0 Å². The fraction of sp³-hybridized carbons (Fsp3) is 0.364. The van der Waals surface area contributed by atoms with Gasteiger partial charge in [-0.1, -0.05) is 6.07 Å². The van der Waals surface area contributed by atoms with Gasteiger partial charge < -0.3 is 26.2 Å². The molecule has 0 saturated carbocycles. The molecular formula is C22H26N4O6S. The van der Waals surface area contributed by atoms with E-state index in [0.29, 0.717) is 13.1 Å². The topological polar surface area (TPSA) is 153 Å². The number of carbonyl (C=O) groups is 2. The Balaban J connectivity index is 1.40. The normalized spacial score (nSPS) is 18.3. The molecule has 1 atom stereocenters. The summed E-state index contributed by atoms with van der Waals surface area (Å²) in [6, 6.07) is 9.11. The number of hydrogen-bond acceptors (Lipinski definition) is 7. The Labute approximate surface area is 191 Å². The quantitative estimate of drug-likeness (QED) is 0.468. The van der Waals surface area contributed by atoms with Crippen molar-refractivity contribution < 1.29 is 28.2 Å². The summed E-state index contributed by atoms with van der Waals surface area (Å²) in [5.74, 6) is -1.30. The molecule has 2 aliphatic heterocycles. The second-order valence-electron chi connectivity index (χ2n) is 8.34. The molecule has 33 heavy (non-hydrogen) atoms. The van der Waals surface area contributed by atoms with Crippen LogP contribution in [0.5, 0.6) is 11.5 Å². The van der Waals surface area contributed by atoms with Crippen LogP contribution in [-0.2, 0) is 32.7 Å². The van der Waals surface area contributed by atoms with Crippen molar-refractivity contribution in [3.05, 3.63) is 47.5 Å². The average Bonchev–Trinajstić information content (AvgIpc) is 3.39. The van der Waals surface area contributed by atoms with Crippen LogP contribution in [0.1, 0.15) is 30.4 Å². The lowest BCUT2D eigenvalue weighted by atomic mass is 10.1. The summed E-state index contributed by atoms with van der Waals surface area (Å²) >= 11 is 0. The standard InChI is InChI=1S/C22H26N4O6S/c23-21(29)5-6-22(30)25-8-7-17(13-25)24-16-2-1-14-11-26(12-15(14)9-16)33(31,32)20-4-3-18(27)10-19(20)28/h1-4,9-10,17,24,27-28H,5-8,11-13H2,(H2,23,29)/t17-/m0/s1. The number of sulfonamides is 1. The molecule has 1 fully saturated rings. The van der Waals surface area contributed by atoms with Crippen LogP contribution >= 0.6 is 0 Å². The fourth-order valence-electron chi connectivity index (χ4n) is 4.21. The van der Waals surface area contributed by atoms with Gasteiger partial charge in [0, 0.05) is 56.8 Å². The minimum atomic E-state index is -3.94. The number of amides is 2. The smallest absolute Gasteiger partial charge is 0.247 e. The second-order valence-corrected chi connectivity index (χ2v) is 10.3. The van der Waals surface area contributed by atoms with E-state index in [9.17, 15) is 28.2 Å². The lowest BCUT2D eigenvalue weighted by molar-refractivity contribution is -0.132. The van der Waals surface area contributed by atoms with Crippen molar-refractivity contribution >= 4 is 27.5 Å². The molecule has 11 heteroatoms. The third-order valence-corrected chi connectivity index (χ3v) is 7.80. The summed E-state index contributed by atoms with van der Waals surface area (Å²) in [5.41, 5.74) is 7.67. The number of nitrogens with two attached hydrogens (primary N) is 1. The van der Waals surface area contributed by atoms with Crippen molar-refractivity contribution in [2.24, 2.45) is 5.73 Å². The molecule has 2 aromatic rings. The number of fused-ring (bicyclic) bond motifs is 1. The SMILES string of the molecule is NC(=O)CCC(=O)N1CC[C@H](Nc2ccc3c(c2)CN(S(=O)(=O)c2ccc(O)cc2O)C3)C1. The number of carbonyl (C=O) groups excluding carboxylic acids is 2. The lowest BCUT2D eigenvalue weighted by Crippen LogP contribution is -2.32. The lowest BCUT2D eigenvalue weighted by Gasteiger charge is -2.18. The van der Waals surface area contributed by atoms with Gasteiger partial charge in [-0.3, -0.25) is 9.59 Å². The Hall–Kier alpha value is -3.31. The van der Waals surface area contributed by atoms with Crippen molar-refractivity contribution in [3.8, 4) is 11.5 Å². The van der Waals surface area contributed by atoms with Crippen molar-refractivity contribution in [2.45, 2.75) is 43.3 Å². The van der Waals surface area contributed by atoms with E-state index in [2.05, 4.69) is 5.32 Å². The number of nitrogens with zero attached hydrogens (tertiary/aromatic N) is 2. The Bertz CT molecular complexity index is 1200. The molecular weight excluding hydrogens is 448 g/mol. The largest absolute Gasteiger partial charge is 0.508 e. The van der Waals surface area contributed by atoms with Gasteiger partial charge in [0.2, 0.25) is 21.8 Å². The maximum Gasteiger partial charge on any atom is 0.247 e. The second kappa shape index (κ2) is 8.91. The highest BCUT2D eigenvalue weighted by molar-refractivity contribution is 7.89. The Morgan fingerprint density at radius 1 is 1.06 bits per heavy atom. The van der Waals surface area contributed by atoms with E-state index in [-0.39, 0.29) is 48.5 Å².